The van der Waals surface area contributed by atoms with Crippen LogP contribution in [-0.4, -0.2) is 33.9 Å². The van der Waals surface area contributed by atoms with Gasteiger partial charge in [-0.15, -0.1) is 11.3 Å². The molecule has 0 atom stereocenters. The van der Waals surface area contributed by atoms with Gasteiger partial charge in [-0.2, -0.15) is 0 Å². The van der Waals surface area contributed by atoms with Crippen LogP contribution >= 0.6 is 22.9 Å². The number of piperidine rings is 1. The zero-order valence-corrected chi connectivity index (χ0v) is 19.5. The van der Waals surface area contributed by atoms with Crippen LogP contribution in [0.2, 0.25) is 5.02 Å². The van der Waals surface area contributed by atoms with Crippen molar-refractivity contribution in [3.63, 3.8) is 0 Å². The maximum Gasteiger partial charge on any atom is 0.253 e. The zero-order chi connectivity index (χ0) is 22.0. The number of nitrogen functional groups attached to an aromatic ring is 1. The number of hydrogen-bond donors (Lipinski definition) is 1. The molecule has 0 saturated carbocycles. The van der Waals surface area contributed by atoms with E-state index in [4.69, 9.17) is 22.3 Å². The van der Waals surface area contributed by atoms with Gasteiger partial charge >= 0.3 is 0 Å². The fraction of sp³-hybridized carbons (Fsp3) is 0.375. The van der Waals surface area contributed by atoms with Crippen molar-refractivity contribution < 1.29 is 4.79 Å². The lowest BCUT2D eigenvalue weighted by molar-refractivity contribution is 0.0724. The monoisotopic (exact) mass is 454 g/mol. The third kappa shape index (κ3) is 5.08. The van der Waals surface area contributed by atoms with Crippen molar-refractivity contribution in [1.82, 2.24) is 14.9 Å². The van der Waals surface area contributed by atoms with Crippen molar-refractivity contribution in [3.8, 4) is 21.7 Å². The summed E-state index contributed by atoms with van der Waals surface area (Å²) in [6, 6.07) is 9.47. The number of carbonyl (C=O) groups excluding carboxylic acids is 1. The number of rotatable bonds is 5. The van der Waals surface area contributed by atoms with E-state index >= 15 is 0 Å². The summed E-state index contributed by atoms with van der Waals surface area (Å²) in [5.74, 6) is 1.76. The summed E-state index contributed by atoms with van der Waals surface area (Å²) in [5, 5.41) is 2.64. The summed E-state index contributed by atoms with van der Waals surface area (Å²) < 4.78 is 0. The molecule has 2 N–H and O–H groups in total. The number of aromatic nitrogens is 2. The summed E-state index contributed by atoms with van der Waals surface area (Å²) >= 11 is 8.19. The minimum Gasteiger partial charge on any atom is -0.384 e. The molecule has 1 aromatic carbocycles. The summed E-state index contributed by atoms with van der Waals surface area (Å²) in [4.78, 5) is 24.8. The van der Waals surface area contributed by atoms with Crippen LogP contribution in [0.25, 0.3) is 21.7 Å². The minimum absolute atomic E-state index is 0.0632. The van der Waals surface area contributed by atoms with Crippen LogP contribution in [0.3, 0.4) is 0 Å². The fourth-order valence-corrected chi connectivity index (χ4v) is 5.03. The molecule has 1 aliphatic rings. The Labute approximate surface area is 192 Å². The van der Waals surface area contributed by atoms with Crippen LogP contribution in [0, 0.1) is 5.92 Å². The first kappa shape index (κ1) is 21.8. The van der Waals surface area contributed by atoms with E-state index in [1.165, 1.54) is 6.42 Å². The van der Waals surface area contributed by atoms with Crippen molar-refractivity contribution in [2.45, 2.75) is 39.5 Å². The van der Waals surface area contributed by atoms with E-state index in [2.05, 4.69) is 30.3 Å². The number of thiophene rings is 1. The molecular formula is C24H27ClN4OS. The van der Waals surface area contributed by atoms with Crippen LogP contribution < -0.4 is 5.73 Å². The molecule has 0 aliphatic carbocycles. The Balaban J connectivity index is 1.58. The number of carbonyl (C=O) groups is 1. The first-order valence-corrected chi connectivity index (χ1v) is 12.0. The molecule has 4 rings (SSSR count). The molecule has 0 spiro atoms. The van der Waals surface area contributed by atoms with Crippen molar-refractivity contribution in [2.24, 2.45) is 5.92 Å². The summed E-state index contributed by atoms with van der Waals surface area (Å²) in [5.41, 5.74) is 9.40. The maximum atomic E-state index is 12.8. The Hall–Kier alpha value is -2.44. The number of nitrogens with zero attached hydrogens (tertiary/aromatic N) is 3. The highest BCUT2D eigenvalue weighted by atomic mass is 35.5. The Kier molecular flexibility index (Phi) is 6.58. The summed E-state index contributed by atoms with van der Waals surface area (Å²) in [7, 11) is 0. The quantitative estimate of drug-likeness (QED) is 0.518. The van der Waals surface area contributed by atoms with Gasteiger partial charge in [0, 0.05) is 41.7 Å². The standard InChI is InChI=1S/C24H27ClN4OS/c1-15(2)10-23-27-20(13-22(26)28-23)21-12-17(14-31-21)18-7-6-16(11-19(18)25)24(30)29-8-4-3-5-9-29/h6-7,11-15H,3-5,8-10H2,1-2H3,(H2,26,27,28). The van der Waals surface area contributed by atoms with Crippen LogP contribution in [0.15, 0.2) is 35.7 Å². The smallest absolute Gasteiger partial charge is 0.253 e. The molecule has 1 fully saturated rings. The molecular weight excluding hydrogens is 428 g/mol. The molecule has 162 valence electrons. The Bertz CT molecular complexity index is 1090. The van der Waals surface area contributed by atoms with Crippen molar-refractivity contribution in [1.29, 1.82) is 0 Å². The first-order valence-electron chi connectivity index (χ1n) is 10.7. The number of benzene rings is 1. The van der Waals surface area contributed by atoms with E-state index in [0.29, 0.717) is 22.3 Å². The van der Waals surface area contributed by atoms with Crippen LogP contribution in [0.1, 0.15) is 49.3 Å². The lowest BCUT2D eigenvalue weighted by atomic mass is 10.0. The van der Waals surface area contributed by atoms with Crippen LogP contribution in [0.4, 0.5) is 5.82 Å². The highest BCUT2D eigenvalue weighted by molar-refractivity contribution is 7.14. The highest BCUT2D eigenvalue weighted by Crippen LogP contribution is 2.36. The SMILES string of the molecule is CC(C)Cc1nc(N)cc(-c2cc(-c3ccc(C(=O)N4CCCCC4)cc3Cl)cs2)n1. The third-order valence-electron chi connectivity index (χ3n) is 5.41. The number of hydrogen-bond acceptors (Lipinski definition) is 5. The number of halogens is 1. The Morgan fingerprint density at radius 3 is 2.65 bits per heavy atom. The first-order chi connectivity index (χ1) is 14.9. The Morgan fingerprint density at radius 1 is 1.16 bits per heavy atom. The van der Waals surface area contributed by atoms with E-state index < -0.39 is 0 Å². The van der Waals surface area contributed by atoms with Gasteiger partial charge in [-0.05, 0) is 54.3 Å². The molecule has 0 radical (unpaired) electrons. The minimum atomic E-state index is 0.0632. The van der Waals surface area contributed by atoms with Gasteiger partial charge in [0.1, 0.15) is 11.6 Å². The molecule has 5 nitrogen and oxygen atoms in total. The number of likely N-dealkylation sites (tertiary alicyclic amines) is 1. The second kappa shape index (κ2) is 9.37. The van der Waals surface area contributed by atoms with Gasteiger partial charge in [-0.3, -0.25) is 4.79 Å². The second-order valence-corrected chi connectivity index (χ2v) is 9.76. The molecule has 7 heteroatoms. The van der Waals surface area contributed by atoms with Crippen LogP contribution in [-0.2, 0) is 6.42 Å². The molecule has 3 heterocycles. The third-order valence-corrected chi connectivity index (χ3v) is 6.67. The van der Waals surface area contributed by atoms with Gasteiger partial charge in [-0.1, -0.05) is 31.5 Å². The highest BCUT2D eigenvalue weighted by Gasteiger charge is 2.19. The molecule has 0 bridgehead atoms. The van der Waals surface area contributed by atoms with E-state index in [1.807, 2.05) is 17.0 Å². The summed E-state index contributed by atoms with van der Waals surface area (Å²) in [6.45, 7) is 5.92. The average molecular weight is 455 g/mol. The normalized spacial score (nSPS) is 14.3. The number of nitrogens with two attached hydrogens (primary N) is 1. The lowest BCUT2D eigenvalue weighted by Crippen LogP contribution is -2.35. The predicted molar refractivity (Wildman–Crippen MR) is 128 cm³/mol. The number of anilines is 1. The van der Waals surface area contributed by atoms with E-state index in [0.717, 1.165) is 59.9 Å². The van der Waals surface area contributed by atoms with Crippen molar-refractivity contribution in [3.05, 3.63) is 52.1 Å². The van der Waals surface area contributed by atoms with Gasteiger partial charge < -0.3 is 10.6 Å². The number of amides is 1. The molecule has 3 aromatic rings. The molecule has 0 unspecified atom stereocenters. The second-order valence-electron chi connectivity index (χ2n) is 8.44. The van der Waals surface area contributed by atoms with Crippen LogP contribution in [0.5, 0.6) is 0 Å². The molecule has 1 saturated heterocycles. The Morgan fingerprint density at radius 2 is 1.94 bits per heavy atom. The predicted octanol–water partition coefficient (Wildman–Crippen LogP) is 5.93. The topological polar surface area (TPSA) is 72.1 Å². The van der Waals surface area contributed by atoms with Gasteiger partial charge in [0.2, 0.25) is 0 Å². The molecule has 2 aromatic heterocycles. The molecule has 1 amide bonds. The maximum absolute atomic E-state index is 12.8. The van der Waals surface area contributed by atoms with Gasteiger partial charge in [0.15, 0.2) is 0 Å². The van der Waals surface area contributed by atoms with E-state index in [-0.39, 0.29) is 5.91 Å². The van der Waals surface area contributed by atoms with Crippen molar-refractivity contribution >= 4 is 34.7 Å². The van der Waals surface area contributed by atoms with Crippen molar-refractivity contribution in [2.75, 3.05) is 18.8 Å². The average Bonchev–Trinajstić information content (AvgIpc) is 3.23. The fourth-order valence-electron chi connectivity index (χ4n) is 3.87. The van der Waals surface area contributed by atoms with Gasteiger partial charge in [0.05, 0.1) is 10.6 Å². The zero-order valence-electron chi connectivity index (χ0n) is 17.9. The van der Waals surface area contributed by atoms with E-state index in [1.54, 1.807) is 23.5 Å². The summed E-state index contributed by atoms with van der Waals surface area (Å²) in [6.07, 6.45) is 4.12. The van der Waals surface area contributed by atoms with Gasteiger partial charge in [0.25, 0.3) is 5.91 Å². The van der Waals surface area contributed by atoms with E-state index in [9.17, 15) is 4.79 Å². The largest absolute Gasteiger partial charge is 0.384 e. The molecule has 1 aliphatic heterocycles. The lowest BCUT2D eigenvalue weighted by Gasteiger charge is -2.26. The van der Waals surface area contributed by atoms with Gasteiger partial charge in [-0.25, -0.2) is 9.97 Å². The molecule has 31 heavy (non-hydrogen) atoms.